The zero-order valence-corrected chi connectivity index (χ0v) is 9.80. The fourth-order valence-corrected chi connectivity index (χ4v) is 0.0577. The average molecular weight is 236 g/mol. The number of aliphatic hydroxyl groups is 3. The van der Waals surface area contributed by atoms with Crippen LogP contribution in [0.4, 0.5) is 0 Å². The first kappa shape index (κ1) is 20.2. The summed E-state index contributed by atoms with van der Waals surface area (Å²) in [5, 5.41) is 31.9. The minimum absolute atomic E-state index is 0.167. The van der Waals surface area contributed by atoms with Gasteiger partial charge in [0.25, 0.3) is 0 Å². The van der Waals surface area contributed by atoms with E-state index < -0.39 is 12.1 Å². The standard InChI is InChI=1S/C4H6O2.C3H8O3.C3H6O/c1-3(2)4(5)6;4-1-3(6)2-5;1-3(2)4/h1H2,2H3,(H,5,6);3-6H,1-2H2;1-2H3. The third-order valence-corrected chi connectivity index (χ3v) is 0.787. The Morgan fingerprint density at radius 3 is 1.31 bits per heavy atom. The molecular weight excluding hydrogens is 216 g/mol. The summed E-state index contributed by atoms with van der Waals surface area (Å²) in [7, 11) is 0. The second kappa shape index (κ2) is 13.8. The maximum absolute atomic E-state index is 9.60. The number of aliphatic hydroxyl groups excluding tert-OH is 3. The first-order chi connectivity index (χ1) is 7.18. The Morgan fingerprint density at radius 2 is 1.31 bits per heavy atom. The predicted octanol–water partition coefficient (Wildman–Crippen LogP) is -0.426. The molecule has 0 aliphatic carbocycles. The summed E-state index contributed by atoms with van der Waals surface area (Å²) in [6.07, 6.45) is -0.954. The summed E-state index contributed by atoms with van der Waals surface area (Å²) >= 11 is 0. The number of carbonyl (C=O) groups is 2. The fourth-order valence-electron chi connectivity index (χ4n) is 0.0577. The van der Waals surface area contributed by atoms with Crippen molar-refractivity contribution in [3.8, 4) is 0 Å². The van der Waals surface area contributed by atoms with Crippen LogP contribution >= 0.6 is 0 Å². The van der Waals surface area contributed by atoms with E-state index in [4.69, 9.17) is 20.4 Å². The van der Waals surface area contributed by atoms with Crippen molar-refractivity contribution in [3.63, 3.8) is 0 Å². The van der Waals surface area contributed by atoms with E-state index in [1.54, 1.807) is 0 Å². The molecule has 0 saturated carbocycles. The molecule has 0 aromatic carbocycles. The number of hydrogen-bond acceptors (Lipinski definition) is 5. The summed E-state index contributed by atoms with van der Waals surface area (Å²) in [4.78, 5) is 19.0. The van der Waals surface area contributed by atoms with Crippen LogP contribution in [0.5, 0.6) is 0 Å². The maximum atomic E-state index is 9.60. The minimum atomic E-state index is -0.954. The quantitative estimate of drug-likeness (QED) is 0.494. The molecule has 0 atom stereocenters. The highest BCUT2D eigenvalue weighted by molar-refractivity contribution is 5.84. The van der Waals surface area contributed by atoms with Gasteiger partial charge in [-0.05, 0) is 20.8 Å². The van der Waals surface area contributed by atoms with E-state index in [0.717, 1.165) is 0 Å². The summed E-state index contributed by atoms with van der Waals surface area (Å²) < 4.78 is 0. The van der Waals surface area contributed by atoms with Gasteiger partial charge in [0.05, 0.1) is 13.2 Å². The molecule has 0 aliphatic heterocycles. The lowest BCUT2D eigenvalue weighted by molar-refractivity contribution is -0.132. The molecule has 0 amide bonds. The molecule has 0 aliphatic rings. The Hall–Kier alpha value is -1.24. The van der Waals surface area contributed by atoms with Gasteiger partial charge in [-0.2, -0.15) is 0 Å². The normalized spacial score (nSPS) is 8.19. The molecule has 0 spiro atoms. The Morgan fingerprint density at radius 1 is 1.12 bits per heavy atom. The van der Waals surface area contributed by atoms with Crippen molar-refractivity contribution >= 4 is 11.8 Å². The Labute approximate surface area is 94.8 Å². The van der Waals surface area contributed by atoms with Crippen molar-refractivity contribution in [2.45, 2.75) is 26.9 Å². The largest absolute Gasteiger partial charge is 0.478 e. The molecule has 6 heteroatoms. The van der Waals surface area contributed by atoms with E-state index in [1.165, 1.54) is 20.8 Å². The smallest absolute Gasteiger partial charge is 0.330 e. The van der Waals surface area contributed by atoms with Gasteiger partial charge in [0.2, 0.25) is 0 Å². The van der Waals surface area contributed by atoms with Gasteiger partial charge in [0.15, 0.2) is 0 Å². The van der Waals surface area contributed by atoms with E-state index in [1.807, 2.05) is 0 Å². The first-order valence-corrected chi connectivity index (χ1v) is 4.44. The van der Waals surface area contributed by atoms with E-state index in [9.17, 15) is 9.59 Å². The topological polar surface area (TPSA) is 115 Å². The molecule has 0 saturated heterocycles. The number of carboxylic acid groups (broad SMARTS) is 1. The van der Waals surface area contributed by atoms with Crippen LogP contribution in [-0.4, -0.2) is 51.5 Å². The van der Waals surface area contributed by atoms with Crippen molar-refractivity contribution < 1.29 is 30.0 Å². The van der Waals surface area contributed by atoms with Crippen molar-refractivity contribution in [1.29, 1.82) is 0 Å². The lowest BCUT2D eigenvalue weighted by Gasteiger charge is -1.96. The average Bonchev–Trinajstić information content (AvgIpc) is 2.16. The second-order valence-corrected chi connectivity index (χ2v) is 3.01. The Bertz CT molecular complexity index is 191. The third-order valence-electron chi connectivity index (χ3n) is 0.787. The molecule has 96 valence electrons. The monoisotopic (exact) mass is 236 g/mol. The highest BCUT2D eigenvalue weighted by atomic mass is 16.4. The SMILES string of the molecule is C=C(C)C(=O)O.CC(C)=O.OCC(O)CO. The molecule has 6 nitrogen and oxygen atoms in total. The van der Waals surface area contributed by atoms with E-state index in [-0.39, 0.29) is 24.6 Å². The highest BCUT2D eigenvalue weighted by Gasteiger charge is 1.93. The number of Topliss-reactive ketones (excluding diaryl/α,β-unsaturated/α-hetero) is 1. The third kappa shape index (κ3) is 38.6. The number of carboxylic acids is 1. The number of aliphatic carboxylic acids is 1. The summed E-state index contributed by atoms with van der Waals surface area (Å²) in [5.74, 6) is -0.769. The fraction of sp³-hybridized carbons (Fsp3) is 0.600. The van der Waals surface area contributed by atoms with Gasteiger partial charge in [-0.1, -0.05) is 6.58 Å². The van der Waals surface area contributed by atoms with E-state index in [0.29, 0.717) is 0 Å². The van der Waals surface area contributed by atoms with Crippen LogP contribution in [0, 0.1) is 0 Å². The van der Waals surface area contributed by atoms with Crippen LogP contribution in [-0.2, 0) is 9.59 Å². The maximum Gasteiger partial charge on any atom is 0.330 e. The summed E-state index contributed by atoms with van der Waals surface area (Å²) in [6, 6.07) is 0. The van der Waals surface area contributed by atoms with Gasteiger partial charge >= 0.3 is 5.97 Å². The molecule has 0 rings (SSSR count). The molecule has 0 radical (unpaired) electrons. The Kier molecular flexibility index (Phi) is 17.4. The highest BCUT2D eigenvalue weighted by Crippen LogP contribution is 1.81. The van der Waals surface area contributed by atoms with Crippen molar-refractivity contribution in [2.75, 3.05) is 13.2 Å². The molecule has 0 aromatic heterocycles. The van der Waals surface area contributed by atoms with Gasteiger partial charge < -0.3 is 25.2 Å². The zero-order chi connectivity index (χ0) is 13.7. The van der Waals surface area contributed by atoms with E-state index >= 15 is 0 Å². The van der Waals surface area contributed by atoms with Gasteiger partial charge in [-0.25, -0.2) is 4.79 Å². The molecule has 4 N–H and O–H groups in total. The van der Waals surface area contributed by atoms with Gasteiger partial charge in [-0.3, -0.25) is 0 Å². The van der Waals surface area contributed by atoms with Gasteiger partial charge in [0, 0.05) is 5.57 Å². The van der Waals surface area contributed by atoms with Crippen LogP contribution in [0.25, 0.3) is 0 Å². The number of hydrogen-bond donors (Lipinski definition) is 4. The molecule has 0 unspecified atom stereocenters. The molecule has 0 aromatic rings. The number of ketones is 1. The lowest BCUT2D eigenvalue weighted by Crippen LogP contribution is -2.15. The lowest BCUT2D eigenvalue weighted by atomic mass is 10.4. The molecular formula is C10H20O6. The molecule has 0 heterocycles. The van der Waals surface area contributed by atoms with Crippen molar-refractivity contribution in [2.24, 2.45) is 0 Å². The van der Waals surface area contributed by atoms with Crippen molar-refractivity contribution in [3.05, 3.63) is 12.2 Å². The predicted molar refractivity (Wildman–Crippen MR) is 59.0 cm³/mol. The van der Waals surface area contributed by atoms with E-state index in [2.05, 4.69) is 6.58 Å². The minimum Gasteiger partial charge on any atom is -0.478 e. The van der Waals surface area contributed by atoms with Crippen LogP contribution in [0.15, 0.2) is 12.2 Å². The van der Waals surface area contributed by atoms with Gasteiger partial charge in [-0.15, -0.1) is 0 Å². The first-order valence-electron chi connectivity index (χ1n) is 4.44. The van der Waals surface area contributed by atoms with Crippen LogP contribution in [0.3, 0.4) is 0 Å². The van der Waals surface area contributed by atoms with Crippen LogP contribution in [0.1, 0.15) is 20.8 Å². The second-order valence-electron chi connectivity index (χ2n) is 3.01. The van der Waals surface area contributed by atoms with Crippen LogP contribution in [0.2, 0.25) is 0 Å². The van der Waals surface area contributed by atoms with Crippen LogP contribution < -0.4 is 0 Å². The molecule has 16 heavy (non-hydrogen) atoms. The van der Waals surface area contributed by atoms with Gasteiger partial charge in [0.1, 0.15) is 11.9 Å². The molecule has 0 bridgehead atoms. The number of carbonyl (C=O) groups excluding carboxylic acids is 1. The summed E-state index contributed by atoms with van der Waals surface area (Å²) in [5.41, 5.74) is 0.176. The summed E-state index contributed by atoms with van der Waals surface area (Å²) in [6.45, 7) is 6.93. The zero-order valence-electron chi connectivity index (χ0n) is 9.80. The molecule has 0 fully saturated rings. The Balaban J connectivity index is -0.000000162. The number of rotatable bonds is 3. The van der Waals surface area contributed by atoms with Crippen molar-refractivity contribution in [1.82, 2.24) is 0 Å².